The van der Waals surface area contributed by atoms with Gasteiger partial charge in [0.1, 0.15) is 5.82 Å². The molecular weight excluding hydrogens is 281 g/mol. The van der Waals surface area contributed by atoms with Crippen molar-refractivity contribution in [3.63, 3.8) is 0 Å². The second-order valence-corrected chi connectivity index (χ2v) is 5.81. The van der Waals surface area contributed by atoms with Gasteiger partial charge < -0.3 is 5.73 Å². The second-order valence-electron chi connectivity index (χ2n) is 4.96. The summed E-state index contributed by atoms with van der Waals surface area (Å²) >= 11 is 12.1. The summed E-state index contributed by atoms with van der Waals surface area (Å²) in [5.41, 5.74) is 7.75. The summed E-state index contributed by atoms with van der Waals surface area (Å²) in [5, 5.41) is 5.84. The molecule has 0 saturated heterocycles. The fraction of sp³-hybridized carbons (Fsp3) is 0.357. The van der Waals surface area contributed by atoms with E-state index in [1.807, 2.05) is 22.9 Å². The quantitative estimate of drug-likeness (QED) is 0.883. The van der Waals surface area contributed by atoms with Crippen LogP contribution in [0.4, 0.5) is 5.82 Å². The summed E-state index contributed by atoms with van der Waals surface area (Å²) in [6.07, 6.45) is 4.81. The molecule has 0 unspecified atom stereocenters. The van der Waals surface area contributed by atoms with Crippen LogP contribution in [0.15, 0.2) is 24.3 Å². The minimum atomic E-state index is 0.430. The van der Waals surface area contributed by atoms with Gasteiger partial charge in [-0.3, -0.25) is 0 Å². The van der Waals surface area contributed by atoms with Gasteiger partial charge in [-0.2, -0.15) is 5.10 Å². The molecule has 2 N–H and O–H groups in total. The van der Waals surface area contributed by atoms with Crippen LogP contribution >= 0.6 is 23.2 Å². The van der Waals surface area contributed by atoms with Gasteiger partial charge in [0.2, 0.25) is 0 Å². The smallest absolute Gasteiger partial charge is 0.122 e. The predicted molar refractivity (Wildman–Crippen MR) is 79.6 cm³/mol. The lowest BCUT2D eigenvalue weighted by Gasteiger charge is -2.11. The molecule has 0 bridgehead atoms. The standard InChI is InChI=1S/C14H15Cl2N3/c15-9-5-6-11(12(16)7-9)13-8-14(17)19(18-13)10-3-1-2-4-10/h5-8,10H,1-4,17H2. The van der Waals surface area contributed by atoms with Crippen molar-refractivity contribution in [2.24, 2.45) is 0 Å². The van der Waals surface area contributed by atoms with E-state index < -0.39 is 0 Å². The number of benzene rings is 1. The molecule has 1 saturated carbocycles. The lowest BCUT2D eigenvalue weighted by atomic mass is 10.1. The van der Waals surface area contributed by atoms with E-state index in [0.717, 1.165) is 24.1 Å². The number of nitrogens with two attached hydrogens (primary N) is 1. The lowest BCUT2D eigenvalue weighted by Crippen LogP contribution is -2.09. The largest absolute Gasteiger partial charge is 0.384 e. The number of hydrogen-bond acceptors (Lipinski definition) is 2. The van der Waals surface area contributed by atoms with Crippen molar-refractivity contribution < 1.29 is 0 Å². The summed E-state index contributed by atoms with van der Waals surface area (Å²) < 4.78 is 1.94. The van der Waals surface area contributed by atoms with E-state index in [1.54, 1.807) is 6.07 Å². The molecule has 5 heteroatoms. The molecule has 0 aliphatic heterocycles. The molecule has 1 fully saturated rings. The third-order valence-corrected chi connectivity index (χ3v) is 4.19. The minimum Gasteiger partial charge on any atom is -0.384 e. The molecule has 0 radical (unpaired) electrons. The van der Waals surface area contributed by atoms with Crippen LogP contribution < -0.4 is 5.73 Å². The first kappa shape index (κ1) is 12.8. The van der Waals surface area contributed by atoms with Crippen molar-refractivity contribution in [3.8, 4) is 11.3 Å². The van der Waals surface area contributed by atoms with Gasteiger partial charge in [-0.25, -0.2) is 4.68 Å². The molecule has 0 spiro atoms. The summed E-state index contributed by atoms with van der Waals surface area (Å²) in [4.78, 5) is 0. The highest BCUT2D eigenvalue weighted by atomic mass is 35.5. The van der Waals surface area contributed by atoms with Crippen LogP contribution in [-0.4, -0.2) is 9.78 Å². The van der Waals surface area contributed by atoms with Crippen molar-refractivity contribution >= 4 is 29.0 Å². The average molecular weight is 296 g/mol. The van der Waals surface area contributed by atoms with Gasteiger partial charge in [0.05, 0.1) is 16.8 Å². The van der Waals surface area contributed by atoms with Gasteiger partial charge in [-0.05, 0) is 31.0 Å². The molecule has 0 atom stereocenters. The lowest BCUT2D eigenvalue weighted by molar-refractivity contribution is 0.475. The van der Waals surface area contributed by atoms with Crippen LogP contribution in [0.2, 0.25) is 10.0 Å². The zero-order valence-electron chi connectivity index (χ0n) is 10.4. The molecule has 3 rings (SSSR count). The molecule has 1 aliphatic rings. The van der Waals surface area contributed by atoms with Gasteiger partial charge in [0.15, 0.2) is 0 Å². The molecule has 19 heavy (non-hydrogen) atoms. The fourth-order valence-electron chi connectivity index (χ4n) is 2.68. The monoisotopic (exact) mass is 295 g/mol. The van der Waals surface area contributed by atoms with E-state index in [4.69, 9.17) is 28.9 Å². The van der Waals surface area contributed by atoms with Gasteiger partial charge >= 0.3 is 0 Å². The third-order valence-electron chi connectivity index (χ3n) is 3.64. The Hall–Kier alpha value is -1.19. The van der Waals surface area contributed by atoms with Crippen LogP contribution in [0.1, 0.15) is 31.7 Å². The topological polar surface area (TPSA) is 43.8 Å². The Balaban J connectivity index is 1.99. The maximum absolute atomic E-state index is 6.21. The summed E-state index contributed by atoms with van der Waals surface area (Å²) in [5.74, 6) is 0.702. The van der Waals surface area contributed by atoms with Crippen molar-refractivity contribution in [3.05, 3.63) is 34.3 Å². The Morgan fingerprint density at radius 1 is 1.16 bits per heavy atom. The number of anilines is 1. The summed E-state index contributed by atoms with van der Waals surface area (Å²) in [7, 11) is 0. The second kappa shape index (κ2) is 5.06. The van der Waals surface area contributed by atoms with Crippen molar-refractivity contribution in [1.29, 1.82) is 0 Å². The number of halogens is 2. The Morgan fingerprint density at radius 3 is 2.58 bits per heavy atom. The van der Waals surface area contributed by atoms with Crippen LogP contribution in [0.5, 0.6) is 0 Å². The highest BCUT2D eigenvalue weighted by Gasteiger charge is 2.21. The van der Waals surface area contributed by atoms with Crippen LogP contribution in [-0.2, 0) is 0 Å². The average Bonchev–Trinajstić information content (AvgIpc) is 2.98. The van der Waals surface area contributed by atoms with Crippen LogP contribution in [0.25, 0.3) is 11.3 Å². The Labute approximate surface area is 122 Å². The molecule has 1 aromatic carbocycles. The van der Waals surface area contributed by atoms with E-state index in [1.165, 1.54) is 12.8 Å². The third kappa shape index (κ3) is 2.45. The fourth-order valence-corrected chi connectivity index (χ4v) is 3.18. The Bertz CT molecular complexity index is 601. The van der Waals surface area contributed by atoms with Crippen LogP contribution in [0.3, 0.4) is 0 Å². The molecule has 1 heterocycles. The Kier molecular flexibility index (Phi) is 3.42. The van der Waals surface area contributed by atoms with Crippen LogP contribution in [0, 0.1) is 0 Å². The molecule has 100 valence electrons. The minimum absolute atomic E-state index is 0.430. The van der Waals surface area contributed by atoms with Gasteiger partial charge in [-0.1, -0.05) is 36.0 Å². The van der Waals surface area contributed by atoms with E-state index in [9.17, 15) is 0 Å². The molecule has 1 aliphatic carbocycles. The summed E-state index contributed by atoms with van der Waals surface area (Å²) in [6.45, 7) is 0. The number of nitrogens with zero attached hydrogens (tertiary/aromatic N) is 2. The zero-order valence-corrected chi connectivity index (χ0v) is 12.0. The first-order valence-corrected chi connectivity index (χ1v) is 7.21. The SMILES string of the molecule is Nc1cc(-c2ccc(Cl)cc2Cl)nn1C1CCCC1. The maximum atomic E-state index is 6.21. The number of rotatable bonds is 2. The van der Waals surface area contributed by atoms with Gasteiger partial charge in [0.25, 0.3) is 0 Å². The predicted octanol–water partition coefficient (Wildman–Crippen LogP) is 4.55. The van der Waals surface area contributed by atoms with Gasteiger partial charge in [0, 0.05) is 16.7 Å². The van der Waals surface area contributed by atoms with E-state index in [-0.39, 0.29) is 0 Å². The van der Waals surface area contributed by atoms with E-state index >= 15 is 0 Å². The number of aromatic nitrogens is 2. The Morgan fingerprint density at radius 2 is 1.89 bits per heavy atom. The molecular formula is C14H15Cl2N3. The first-order chi connectivity index (χ1) is 9.15. The molecule has 3 nitrogen and oxygen atoms in total. The molecule has 1 aromatic heterocycles. The number of hydrogen-bond donors (Lipinski definition) is 1. The first-order valence-electron chi connectivity index (χ1n) is 6.45. The highest BCUT2D eigenvalue weighted by Crippen LogP contribution is 2.35. The van der Waals surface area contributed by atoms with E-state index in [0.29, 0.717) is 21.9 Å². The zero-order chi connectivity index (χ0) is 13.4. The molecule has 2 aromatic rings. The molecule has 0 amide bonds. The highest BCUT2D eigenvalue weighted by molar-refractivity contribution is 6.36. The summed E-state index contributed by atoms with van der Waals surface area (Å²) in [6, 6.07) is 7.73. The van der Waals surface area contributed by atoms with Gasteiger partial charge in [-0.15, -0.1) is 0 Å². The van der Waals surface area contributed by atoms with Crippen molar-refractivity contribution in [2.45, 2.75) is 31.7 Å². The number of nitrogen functional groups attached to an aromatic ring is 1. The maximum Gasteiger partial charge on any atom is 0.122 e. The van der Waals surface area contributed by atoms with Crippen molar-refractivity contribution in [2.75, 3.05) is 5.73 Å². The van der Waals surface area contributed by atoms with E-state index in [2.05, 4.69) is 5.10 Å². The van der Waals surface area contributed by atoms with Crippen molar-refractivity contribution in [1.82, 2.24) is 9.78 Å². The normalized spacial score (nSPS) is 16.1.